The summed E-state index contributed by atoms with van der Waals surface area (Å²) < 4.78 is 43.2. The molecule has 6 rings (SSSR count). The Morgan fingerprint density at radius 2 is 1.95 bits per heavy atom. The second-order valence-electron chi connectivity index (χ2n) is 11.3. The third-order valence-corrected chi connectivity index (χ3v) is 10.4. The lowest BCUT2D eigenvalue weighted by Gasteiger charge is -2.37. The zero-order valence-electron chi connectivity index (χ0n) is 22.3. The lowest BCUT2D eigenvalue weighted by Crippen LogP contribution is -2.50. The van der Waals surface area contributed by atoms with Crippen molar-refractivity contribution < 1.29 is 12.8 Å². The predicted molar refractivity (Wildman–Crippen MR) is 157 cm³/mol. The molecule has 1 unspecified atom stereocenters. The Bertz CT molecular complexity index is 1680. The number of piperazine rings is 1. The van der Waals surface area contributed by atoms with Crippen molar-refractivity contribution in [1.29, 1.82) is 0 Å². The highest BCUT2D eigenvalue weighted by molar-refractivity contribution is 7.94. The maximum Gasteiger partial charge on any atom is 0.237 e. The van der Waals surface area contributed by atoms with Crippen molar-refractivity contribution in [2.24, 2.45) is 0 Å². The van der Waals surface area contributed by atoms with E-state index in [2.05, 4.69) is 31.9 Å². The number of thiophene rings is 1. The number of hydrogen-bond donors (Lipinski definition) is 2. The van der Waals surface area contributed by atoms with Gasteiger partial charge in [0.25, 0.3) is 0 Å². The molecular formula is C28H31FN6O2S2. The van der Waals surface area contributed by atoms with Gasteiger partial charge in [-0.3, -0.25) is 4.72 Å². The van der Waals surface area contributed by atoms with E-state index in [4.69, 9.17) is 4.98 Å². The second-order valence-corrected chi connectivity index (χ2v) is 14.6. The third kappa shape index (κ3) is 4.83. The Labute approximate surface area is 231 Å². The van der Waals surface area contributed by atoms with Crippen LogP contribution >= 0.6 is 11.3 Å². The molecule has 4 heterocycles. The summed E-state index contributed by atoms with van der Waals surface area (Å²) in [6.45, 7) is 7.67. The molecule has 2 aliphatic heterocycles. The number of nitrogens with zero attached hydrogens (tertiary/aromatic N) is 4. The van der Waals surface area contributed by atoms with Gasteiger partial charge in [-0.1, -0.05) is 12.1 Å². The lowest BCUT2D eigenvalue weighted by molar-refractivity contribution is 0.272. The van der Waals surface area contributed by atoms with Gasteiger partial charge in [0.2, 0.25) is 16.0 Å². The van der Waals surface area contributed by atoms with Gasteiger partial charge in [-0.2, -0.15) is 0 Å². The molecule has 0 radical (unpaired) electrons. The summed E-state index contributed by atoms with van der Waals surface area (Å²) in [4.78, 5) is 13.7. The molecule has 0 spiro atoms. The van der Waals surface area contributed by atoms with Crippen LogP contribution in [0.3, 0.4) is 0 Å². The minimum absolute atomic E-state index is 0.228. The summed E-state index contributed by atoms with van der Waals surface area (Å²) in [5, 5.41) is 5.19. The van der Waals surface area contributed by atoms with Crippen molar-refractivity contribution in [1.82, 2.24) is 14.9 Å². The van der Waals surface area contributed by atoms with Gasteiger partial charge in [0.1, 0.15) is 5.82 Å². The summed E-state index contributed by atoms with van der Waals surface area (Å²) in [5.74, 6) is 0.149. The summed E-state index contributed by atoms with van der Waals surface area (Å²) in [7, 11) is -1.45. The number of anilines is 4. The number of hydrogen-bond acceptors (Lipinski definition) is 8. The Kier molecular flexibility index (Phi) is 6.28. The zero-order chi connectivity index (χ0) is 27.5. The first kappa shape index (κ1) is 26.0. The van der Waals surface area contributed by atoms with Gasteiger partial charge in [-0.15, -0.1) is 11.3 Å². The number of nitrogens with one attached hydrogen (secondary N) is 2. The molecule has 1 saturated heterocycles. The van der Waals surface area contributed by atoms with E-state index in [-0.39, 0.29) is 5.82 Å². The number of aromatic nitrogens is 2. The zero-order valence-corrected chi connectivity index (χ0v) is 24.0. The van der Waals surface area contributed by atoms with Gasteiger partial charge in [-0.25, -0.2) is 22.8 Å². The van der Waals surface area contributed by atoms with E-state index in [9.17, 15) is 8.42 Å². The number of likely N-dealkylation sites (N-methyl/N-ethyl adjacent to an activating group) is 1. The Balaban J connectivity index is 1.28. The molecule has 0 saturated carbocycles. The maximum atomic E-state index is 15.3. The monoisotopic (exact) mass is 566 g/mol. The van der Waals surface area contributed by atoms with Crippen LogP contribution in [0.1, 0.15) is 26.3 Å². The lowest BCUT2D eigenvalue weighted by atomic mass is 10.1. The van der Waals surface area contributed by atoms with E-state index >= 15 is 4.39 Å². The average Bonchev–Trinajstić information content (AvgIpc) is 3.44. The maximum absolute atomic E-state index is 15.3. The van der Waals surface area contributed by atoms with E-state index in [1.807, 2.05) is 29.6 Å². The molecule has 2 aromatic carbocycles. The van der Waals surface area contributed by atoms with Gasteiger partial charge in [0.05, 0.1) is 26.8 Å². The van der Waals surface area contributed by atoms with Crippen molar-refractivity contribution in [3.8, 4) is 11.1 Å². The fourth-order valence-corrected chi connectivity index (χ4v) is 6.84. The molecule has 1 atom stereocenters. The Hall–Kier alpha value is -3.28. The van der Waals surface area contributed by atoms with Gasteiger partial charge >= 0.3 is 0 Å². The highest BCUT2D eigenvalue weighted by Crippen LogP contribution is 2.39. The highest BCUT2D eigenvalue weighted by Gasteiger charge is 2.35. The van der Waals surface area contributed by atoms with E-state index in [1.165, 1.54) is 17.4 Å². The SMILES string of the molecule is CN1CCN2c3c(F)cc(Nc4ncc5scc(-c6cccc(NS(=O)(=O)C(C)(C)C)c6)c5n4)cc3CC2C1. The Morgan fingerprint density at radius 1 is 1.13 bits per heavy atom. The quantitative estimate of drug-likeness (QED) is 0.332. The average molecular weight is 567 g/mol. The van der Waals surface area contributed by atoms with Gasteiger partial charge in [-0.05, 0) is 69.6 Å². The minimum Gasteiger partial charge on any atom is -0.363 e. The van der Waals surface area contributed by atoms with Crippen LogP contribution in [-0.4, -0.2) is 60.8 Å². The van der Waals surface area contributed by atoms with Crippen molar-refractivity contribution in [3.63, 3.8) is 0 Å². The van der Waals surface area contributed by atoms with Crippen molar-refractivity contribution in [2.45, 2.75) is 38.0 Å². The molecule has 204 valence electrons. The van der Waals surface area contributed by atoms with Crippen LogP contribution in [0.2, 0.25) is 0 Å². The van der Waals surface area contributed by atoms with Crippen LogP contribution in [0.4, 0.5) is 27.4 Å². The van der Waals surface area contributed by atoms with Crippen molar-refractivity contribution >= 4 is 54.6 Å². The standard InChI is InChI=1S/C28H31FN6O2S2/c1-28(2,3)39(36,37)33-19-7-5-6-17(10-19)22-16-38-24-14-30-27(32-25(22)24)31-20-11-18-12-21-15-34(4)8-9-35(21)26(18)23(29)13-20/h5-7,10-11,13-14,16,21,33H,8-9,12,15H2,1-4H3,(H,30,31,32). The molecule has 2 N–H and O–H groups in total. The van der Waals surface area contributed by atoms with Crippen molar-refractivity contribution in [3.05, 3.63) is 59.4 Å². The molecule has 4 aromatic rings. The number of rotatable bonds is 5. The molecule has 11 heteroatoms. The van der Waals surface area contributed by atoms with E-state index in [0.717, 1.165) is 58.6 Å². The van der Waals surface area contributed by atoms with E-state index < -0.39 is 14.8 Å². The first-order chi connectivity index (χ1) is 18.5. The van der Waals surface area contributed by atoms with Gasteiger partial charge < -0.3 is 15.1 Å². The molecule has 2 aliphatic rings. The molecule has 0 aliphatic carbocycles. The Morgan fingerprint density at radius 3 is 2.74 bits per heavy atom. The smallest absolute Gasteiger partial charge is 0.237 e. The van der Waals surface area contributed by atoms with Crippen LogP contribution in [0.5, 0.6) is 0 Å². The number of sulfonamides is 1. The predicted octanol–water partition coefficient (Wildman–Crippen LogP) is 5.46. The van der Waals surface area contributed by atoms with Crippen molar-refractivity contribution in [2.75, 3.05) is 41.6 Å². The van der Waals surface area contributed by atoms with E-state index in [1.54, 1.807) is 33.0 Å². The number of fused-ring (bicyclic) bond motifs is 4. The summed E-state index contributed by atoms with van der Waals surface area (Å²) in [5.41, 5.74) is 5.29. The summed E-state index contributed by atoms with van der Waals surface area (Å²) in [6, 6.07) is 11.1. The fraction of sp³-hybridized carbons (Fsp3) is 0.357. The number of halogens is 1. The summed E-state index contributed by atoms with van der Waals surface area (Å²) >= 11 is 1.52. The topological polar surface area (TPSA) is 90.5 Å². The normalized spacial score (nSPS) is 17.8. The first-order valence-corrected chi connectivity index (χ1v) is 15.3. The van der Waals surface area contributed by atoms with Crippen LogP contribution in [-0.2, 0) is 16.4 Å². The van der Waals surface area contributed by atoms with Crippen LogP contribution < -0.4 is 14.9 Å². The third-order valence-electron chi connectivity index (χ3n) is 7.37. The molecular weight excluding hydrogens is 535 g/mol. The molecule has 8 nitrogen and oxygen atoms in total. The summed E-state index contributed by atoms with van der Waals surface area (Å²) in [6.07, 6.45) is 2.57. The molecule has 1 fully saturated rings. The molecule has 39 heavy (non-hydrogen) atoms. The number of benzene rings is 2. The van der Waals surface area contributed by atoms with E-state index in [0.29, 0.717) is 23.4 Å². The minimum atomic E-state index is -3.56. The van der Waals surface area contributed by atoms with Crippen LogP contribution in [0.25, 0.3) is 21.3 Å². The molecule has 2 aromatic heterocycles. The fourth-order valence-electron chi connectivity index (χ4n) is 5.22. The molecule has 0 amide bonds. The van der Waals surface area contributed by atoms with Crippen LogP contribution in [0.15, 0.2) is 48.0 Å². The molecule has 0 bridgehead atoms. The van der Waals surface area contributed by atoms with Gasteiger partial charge in [0, 0.05) is 48.0 Å². The van der Waals surface area contributed by atoms with Gasteiger partial charge in [0.15, 0.2) is 0 Å². The highest BCUT2D eigenvalue weighted by atomic mass is 32.2. The largest absolute Gasteiger partial charge is 0.363 e. The first-order valence-electron chi connectivity index (χ1n) is 12.9. The second kappa shape index (κ2) is 9.42. The van der Waals surface area contributed by atoms with Crippen LogP contribution in [0, 0.1) is 5.82 Å².